The summed E-state index contributed by atoms with van der Waals surface area (Å²) in [4.78, 5) is 11.2. The van der Waals surface area contributed by atoms with Crippen LogP contribution in [0.15, 0.2) is 66.7 Å². The van der Waals surface area contributed by atoms with Crippen molar-refractivity contribution in [3.8, 4) is 11.5 Å². The highest BCUT2D eigenvalue weighted by molar-refractivity contribution is 5.70. The summed E-state index contributed by atoms with van der Waals surface area (Å²) in [5.41, 5.74) is 4.71. The second-order valence-corrected chi connectivity index (χ2v) is 8.73. The lowest BCUT2D eigenvalue weighted by atomic mass is 9.84. The number of benzene rings is 3. The number of aliphatic carboxylic acids is 1. The van der Waals surface area contributed by atoms with Gasteiger partial charge in [-0.3, -0.25) is 4.79 Å². The summed E-state index contributed by atoms with van der Waals surface area (Å²) in [5, 5.41) is 20.6. The van der Waals surface area contributed by atoms with Crippen molar-refractivity contribution in [2.75, 3.05) is 14.2 Å². The predicted octanol–water partition coefficient (Wildman–Crippen LogP) is 5.55. The molecule has 3 aromatic rings. The van der Waals surface area contributed by atoms with Crippen molar-refractivity contribution >= 4 is 5.97 Å². The van der Waals surface area contributed by atoms with E-state index in [-0.39, 0.29) is 12.3 Å². The molecule has 5 heteroatoms. The Morgan fingerprint density at radius 1 is 0.882 bits per heavy atom. The first-order valence-electron chi connectivity index (χ1n) is 11.7. The molecule has 0 fully saturated rings. The van der Waals surface area contributed by atoms with Gasteiger partial charge in [0.25, 0.3) is 0 Å². The van der Waals surface area contributed by atoms with Gasteiger partial charge in [-0.05, 0) is 72.9 Å². The average Bonchev–Trinajstić information content (AvgIpc) is 2.83. The summed E-state index contributed by atoms with van der Waals surface area (Å²) in [6, 6.07) is 21.8. The lowest BCUT2D eigenvalue weighted by molar-refractivity contribution is -0.136. The third-order valence-electron chi connectivity index (χ3n) is 6.29. The normalized spacial score (nSPS) is 12.7. The van der Waals surface area contributed by atoms with E-state index >= 15 is 0 Å². The van der Waals surface area contributed by atoms with Crippen LogP contribution in [0, 0.1) is 12.8 Å². The fourth-order valence-corrected chi connectivity index (χ4v) is 4.48. The zero-order chi connectivity index (χ0) is 24.5. The molecule has 2 atom stereocenters. The molecular weight excluding hydrogens is 428 g/mol. The van der Waals surface area contributed by atoms with E-state index in [4.69, 9.17) is 14.6 Å². The van der Waals surface area contributed by atoms with E-state index < -0.39 is 12.1 Å². The maximum Gasteiger partial charge on any atom is 0.307 e. The number of rotatable bonds is 12. The largest absolute Gasteiger partial charge is 0.496 e. The Morgan fingerprint density at radius 3 is 2.12 bits per heavy atom. The Labute approximate surface area is 202 Å². The van der Waals surface area contributed by atoms with Crippen LogP contribution in [0.2, 0.25) is 0 Å². The number of hydrogen-bond acceptors (Lipinski definition) is 4. The van der Waals surface area contributed by atoms with E-state index in [1.54, 1.807) is 14.2 Å². The molecular formula is C29H34O5. The van der Waals surface area contributed by atoms with Crippen LogP contribution in [0.25, 0.3) is 0 Å². The summed E-state index contributed by atoms with van der Waals surface area (Å²) < 4.78 is 11.0. The first-order valence-corrected chi connectivity index (χ1v) is 11.7. The third kappa shape index (κ3) is 6.84. The van der Waals surface area contributed by atoms with Crippen LogP contribution in [0.5, 0.6) is 11.5 Å². The van der Waals surface area contributed by atoms with Crippen LogP contribution >= 0.6 is 0 Å². The topological polar surface area (TPSA) is 76.0 Å². The zero-order valence-corrected chi connectivity index (χ0v) is 20.2. The quantitative estimate of drug-likeness (QED) is 0.369. The van der Waals surface area contributed by atoms with Gasteiger partial charge in [0.2, 0.25) is 0 Å². The Hall–Kier alpha value is -3.31. The number of carbonyl (C=O) groups is 1. The molecule has 0 bridgehead atoms. The van der Waals surface area contributed by atoms with Crippen molar-refractivity contribution in [2.24, 2.45) is 5.92 Å². The maximum atomic E-state index is 11.5. The lowest BCUT2D eigenvalue weighted by Crippen LogP contribution is -2.17. The monoisotopic (exact) mass is 462 g/mol. The van der Waals surface area contributed by atoms with Crippen molar-refractivity contribution < 1.29 is 24.5 Å². The number of ether oxygens (including phenoxy) is 2. The number of methoxy groups -OCH3 is 2. The molecule has 0 aliphatic carbocycles. The molecule has 2 unspecified atom stereocenters. The highest BCUT2D eigenvalue weighted by Crippen LogP contribution is 2.36. The second kappa shape index (κ2) is 12.2. The Morgan fingerprint density at radius 2 is 1.50 bits per heavy atom. The molecule has 2 N–H and O–H groups in total. The smallest absolute Gasteiger partial charge is 0.307 e. The summed E-state index contributed by atoms with van der Waals surface area (Å²) in [6.07, 6.45) is 2.59. The molecule has 0 aliphatic heterocycles. The molecule has 5 nitrogen and oxygen atoms in total. The summed E-state index contributed by atoms with van der Waals surface area (Å²) in [6.45, 7) is 1.93. The Kier molecular flexibility index (Phi) is 9.11. The van der Waals surface area contributed by atoms with Crippen LogP contribution in [-0.4, -0.2) is 30.4 Å². The lowest BCUT2D eigenvalue weighted by Gasteiger charge is -2.25. The highest BCUT2D eigenvalue weighted by atomic mass is 16.5. The first-order chi connectivity index (χ1) is 16.4. The third-order valence-corrected chi connectivity index (χ3v) is 6.29. The zero-order valence-electron chi connectivity index (χ0n) is 20.2. The van der Waals surface area contributed by atoms with Gasteiger partial charge in [-0.25, -0.2) is 0 Å². The van der Waals surface area contributed by atoms with Crippen molar-refractivity contribution in [3.63, 3.8) is 0 Å². The van der Waals surface area contributed by atoms with Crippen LogP contribution in [-0.2, 0) is 24.1 Å². The molecule has 0 spiro atoms. The minimum absolute atomic E-state index is 0.0125. The number of aliphatic hydroxyl groups is 1. The molecule has 0 radical (unpaired) electrons. The van der Waals surface area contributed by atoms with Gasteiger partial charge in [0.1, 0.15) is 11.5 Å². The van der Waals surface area contributed by atoms with E-state index in [1.807, 2.05) is 61.5 Å². The fraction of sp³-hybridized carbons (Fsp3) is 0.345. The molecule has 3 aromatic carbocycles. The number of hydrogen-bond donors (Lipinski definition) is 2. The van der Waals surface area contributed by atoms with Crippen molar-refractivity contribution in [2.45, 2.75) is 45.1 Å². The highest BCUT2D eigenvalue weighted by Gasteiger charge is 2.24. The van der Waals surface area contributed by atoms with E-state index in [9.17, 15) is 9.90 Å². The molecule has 0 saturated heterocycles. The maximum absolute atomic E-state index is 11.5. The van der Waals surface area contributed by atoms with E-state index in [0.717, 1.165) is 41.5 Å². The van der Waals surface area contributed by atoms with Gasteiger partial charge >= 0.3 is 5.97 Å². The predicted molar refractivity (Wildman–Crippen MR) is 134 cm³/mol. The summed E-state index contributed by atoms with van der Waals surface area (Å²) >= 11 is 0. The Balaban J connectivity index is 1.85. The molecule has 0 saturated carbocycles. The molecule has 0 aromatic heterocycles. The van der Waals surface area contributed by atoms with Crippen molar-refractivity contribution in [1.29, 1.82) is 0 Å². The van der Waals surface area contributed by atoms with Crippen molar-refractivity contribution in [1.82, 2.24) is 0 Å². The molecule has 3 rings (SSSR count). The van der Waals surface area contributed by atoms with Crippen LogP contribution in [0.4, 0.5) is 0 Å². The second-order valence-electron chi connectivity index (χ2n) is 8.73. The number of carboxylic acids is 1. The van der Waals surface area contributed by atoms with Gasteiger partial charge in [0.05, 0.1) is 26.7 Å². The van der Waals surface area contributed by atoms with Gasteiger partial charge in [-0.1, -0.05) is 54.6 Å². The minimum Gasteiger partial charge on any atom is -0.496 e. The van der Waals surface area contributed by atoms with Gasteiger partial charge in [-0.2, -0.15) is 0 Å². The molecule has 0 aliphatic rings. The first kappa shape index (κ1) is 25.3. The number of aliphatic hydroxyl groups excluding tert-OH is 1. The van der Waals surface area contributed by atoms with Crippen molar-refractivity contribution in [3.05, 3.63) is 94.5 Å². The number of aryl methyl sites for hydroxylation is 1. The van der Waals surface area contributed by atoms with E-state index in [2.05, 4.69) is 12.1 Å². The molecule has 34 heavy (non-hydrogen) atoms. The number of carboxylic acid groups (broad SMARTS) is 1. The van der Waals surface area contributed by atoms with E-state index in [0.29, 0.717) is 17.9 Å². The summed E-state index contributed by atoms with van der Waals surface area (Å²) in [7, 11) is 3.23. The average molecular weight is 463 g/mol. The van der Waals surface area contributed by atoms with Gasteiger partial charge in [-0.15, -0.1) is 0 Å². The van der Waals surface area contributed by atoms with Crippen LogP contribution in [0.1, 0.15) is 46.8 Å². The van der Waals surface area contributed by atoms with Crippen LogP contribution < -0.4 is 9.47 Å². The molecule has 0 heterocycles. The van der Waals surface area contributed by atoms with Gasteiger partial charge in [0, 0.05) is 5.56 Å². The minimum atomic E-state index is -0.851. The van der Waals surface area contributed by atoms with Crippen LogP contribution in [0.3, 0.4) is 0 Å². The molecule has 180 valence electrons. The Bertz CT molecular complexity index is 1050. The SMILES string of the molecule is COc1cc(C(O)C(CCCc2ccccc2)Cc2cccc(CC(=O)O)c2)cc(OC)c1C. The standard InChI is InChI=1S/C29H34O5/c1-20-26(33-2)18-25(19-27(20)34-3)29(32)24(14-8-11-21-9-5-4-6-10-21)16-22-12-7-13-23(15-22)17-28(30)31/h4-7,9-10,12-13,15,18-19,24,29,32H,8,11,14,16-17H2,1-3H3,(H,30,31). The van der Waals surface area contributed by atoms with Gasteiger partial charge < -0.3 is 19.7 Å². The summed E-state index contributed by atoms with van der Waals surface area (Å²) in [5.74, 6) is 0.455. The van der Waals surface area contributed by atoms with Gasteiger partial charge in [0.15, 0.2) is 0 Å². The fourth-order valence-electron chi connectivity index (χ4n) is 4.48. The molecule has 0 amide bonds. The van der Waals surface area contributed by atoms with E-state index in [1.165, 1.54) is 5.56 Å².